The fourth-order valence-corrected chi connectivity index (χ4v) is 6.88. The second-order valence-electron chi connectivity index (χ2n) is 10.7. The van der Waals surface area contributed by atoms with Gasteiger partial charge in [0.15, 0.2) is 13.1 Å². The SMILES string of the molecule is COC(C)OCOc1cc(C(C)=COC(=O)c2ccccc2)ccc1C12CC3CC(CC(C3)C1)C2. The minimum Gasteiger partial charge on any atom is -0.467 e. The van der Waals surface area contributed by atoms with Gasteiger partial charge in [-0.05, 0) is 105 Å². The number of rotatable bonds is 9. The molecular weight excluding hydrogens is 440 g/mol. The predicted molar refractivity (Wildman–Crippen MR) is 135 cm³/mol. The van der Waals surface area contributed by atoms with Crippen molar-refractivity contribution in [3.05, 3.63) is 71.5 Å². The lowest BCUT2D eigenvalue weighted by atomic mass is 9.48. The molecule has 5 heteroatoms. The van der Waals surface area contributed by atoms with Crippen LogP contribution in [-0.2, 0) is 19.6 Å². The molecule has 0 N–H and O–H groups in total. The topological polar surface area (TPSA) is 54.0 Å². The summed E-state index contributed by atoms with van der Waals surface area (Å²) < 4.78 is 22.6. The summed E-state index contributed by atoms with van der Waals surface area (Å²) in [6, 6.07) is 15.5. The van der Waals surface area contributed by atoms with Gasteiger partial charge in [-0.15, -0.1) is 0 Å². The molecule has 4 aliphatic rings. The summed E-state index contributed by atoms with van der Waals surface area (Å²) in [6.07, 6.45) is 9.17. The molecule has 0 amide bonds. The molecule has 0 saturated heterocycles. The number of carbonyl (C=O) groups is 1. The number of esters is 1. The van der Waals surface area contributed by atoms with Crippen LogP contribution in [0.25, 0.3) is 5.57 Å². The first kappa shape index (κ1) is 24.1. The average molecular weight is 477 g/mol. The molecule has 0 heterocycles. The van der Waals surface area contributed by atoms with Crippen molar-refractivity contribution in [1.29, 1.82) is 0 Å². The van der Waals surface area contributed by atoms with E-state index in [0.29, 0.717) is 5.56 Å². The molecule has 1 unspecified atom stereocenters. The molecule has 1 atom stereocenters. The van der Waals surface area contributed by atoms with Crippen LogP contribution in [0.2, 0.25) is 0 Å². The number of allylic oxidation sites excluding steroid dienone is 1. The highest BCUT2D eigenvalue weighted by Crippen LogP contribution is 2.62. The van der Waals surface area contributed by atoms with Gasteiger partial charge in [0.2, 0.25) is 0 Å². The second-order valence-corrected chi connectivity index (χ2v) is 10.7. The lowest BCUT2D eigenvalue weighted by Gasteiger charge is -2.57. The van der Waals surface area contributed by atoms with E-state index in [4.69, 9.17) is 18.9 Å². The van der Waals surface area contributed by atoms with Gasteiger partial charge in [0, 0.05) is 12.7 Å². The quantitative estimate of drug-likeness (QED) is 0.228. The maximum absolute atomic E-state index is 12.4. The van der Waals surface area contributed by atoms with Crippen LogP contribution in [0.15, 0.2) is 54.8 Å². The highest BCUT2D eigenvalue weighted by molar-refractivity contribution is 5.90. The van der Waals surface area contributed by atoms with Crippen molar-refractivity contribution in [2.45, 2.75) is 64.1 Å². The van der Waals surface area contributed by atoms with Gasteiger partial charge in [0.1, 0.15) is 5.75 Å². The van der Waals surface area contributed by atoms with Crippen molar-refractivity contribution in [2.24, 2.45) is 17.8 Å². The van der Waals surface area contributed by atoms with Crippen LogP contribution >= 0.6 is 0 Å². The van der Waals surface area contributed by atoms with Crippen molar-refractivity contribution in [3.8, 4) is 5.75 Å². The Morgan fingerprint density at radius 3 is 2.29 bits per heavy atom. The van der Waals surface area contributed by atoms with Gasteiger partial charge in [0.25, 0.3) is 0 Å². The summed E-state index contributed by atoms with van der Waals surface area (Å²) in [5, 5.41) is 0. The molecule has 0 aromatic heterocycles. The molecule has 0 radical (unpaired) electrons. The van der Waals surface area contributed by atoms with Crippen LogP contribution in [0.3, 0.4) is 0 Å². The van der Waals surface area contributed by atoms with Crippen molar-refractivity contribution in [1.82, 2.24) is 0 Å². The van der Waals surface area contributed by atoms with Crippen molar-refractivity contribution < 1.29 is 23.7 Å². The van der Waals surface area contributed by atoms with Gasteiger partial charge in [0.05, 0.1) is 11.8 Å². The number of hydrogen-bond donors (Lipinski definition) is 0. The molecule has 2 aromatic rings. The molecule has 4 bridgehead atoms. The van der Waals surface area contributed by atoms with E-state index < -0.39 is 0 Å². The highest BCUT2D eigenvalue weighted by Gasteiger charge is 2.52. The Hall–Kier alpha value is -2.63. The molecule has 35 heavy (non-hydrogen) atoms. The number of ether oxygens (including phenoxy) is 4. The van der Waals surface area contributed by atoms with Crippen LogP contribution in [0.1, 0.15) is 73.9 Å². The zero-order chi connectivity index (χ0) is 24.4. The first-order chi connectivity index (χ1) is 17.0. The van der Waals surface area contributed by atoms with Crippen molar-refractivity contribution >= 4 is 11.5 Å². The molecule has 0 spiro atoms. The fourth-order valence-electron chi connectivity index (χ4n) is 6.88. The molecule has 186 valence electrons. The summed E-state index contributed by atoms with van der Waals surface area (Å²) in [5.74, 6) is 3.04. The molecular formula is C30H36O5. The maximum Gasteiger partial charge on any atom is 0.342 e. The molecule has 4 aliphatic carbocycles. The number of carbonyl (C=O) groups excluding carboxylic acids is 1. The van der Waals surface area contributed by atoms with Gasteiger partial charge < -0.3 is 18.9 Å². The highest BCUT2D eigenvalue weighted by atomic mass is 16.7. The first-order valence-corrected chi connectivity index (χ1v) is 12.8. The molecule has 2 aromatic carbocycles. The third-order valence-electron chi connectivity index (χ3n) is 8.25. The van der Waals surface area contributed by atoms with Gasteiger partial charge in [-0.2, -0.15) is 0 Å². The fraction of sp³-hybridized carbons (Fsp3) is 0.500. The molecule has 6 rings (SSSR count). The van der Waals surface area contributed by atoms with E-state index in [2.05, 4.69) is 18.2 Å². The Bertz CT molecular complexity index is 1040. The largest absolute Gasteiger partial charge is 0.467 e. The van der Waals surface area contributed by atoms with E-state index in [1.54, 1.807) is 19.2 Å². The molecule has 5 nitrogen and oxygen atoms in total. The van der Waals surface area contributed by atoms with Crippen molar-refractivity contribution in [3.63, 3.8) is 0 Å². The number of methoxy groups -OCH3 is 1. The summed E-state index contributed by atoms with van der Waals surface area (Å²) in [4.78, 5) is 12.4. The van der Waals surface area contributed by atoms with Gasteiger partial charge in [-0.25, -0.2) is 4.79 Å². The molecule has 4 fully saturated rings. The molecule has 0 aliphatic heterocycles. The van der Waals surface area contributed by atoms with E-state index in [9.17, 15) is 4.79 Å². The summed E-state index contributed by atoms with van der Waals surface area (Å²) in [7, 11) is 1.62. The summed E-state index contributed by atoms with van der Waals surface area (Å²) >= 11 is 0. The average Bonchev–Trinajstić information content (AvgIpc) is 2.86. The lowest BCUT2D eigenvalue weighted by Crippen LogP contribution is -2.48. The Balaban J connectivity index is 1.39. The molecule has 4 saturated carbocycles. The Labute approximate surface area is 208 Å². The minimum absolute atomic E-state index is 0.129. The van der Waals surface area contributed by atoms with Crippen LogP contribution in [0.4, 0.5) is 0 Å². The van der Waals surface area contributed by atoms with Crippen LogP contribution in [-0.4, -0.2) is 26.2 Å². The normalized spacial score (nSPS) is 28.1. The zero-order valence-electron chi connectivity index (χ0n) is 21.0. The van der Waals surface area contributed by atoms with Crippen LogP contribution < -0.4 is 4.74 Å². The van der Waals surface area contributed by atoms with E-state index in [1.165, 1.54) is 50.4 Å². The van der Waals surface area contributed by atoms with E-state index in [-0.39, 0.29) is 24.5 Å². The number of benzene rings is 2. The second kappa shape index (κ2) is 10.2. The zero-order valence-corrected chi connectivity index (χ0v) is 21.0. The smallest absolute Gasteiger partial charge is 0.342 e. The Morgan fingerprint density at radius 1 is 1.00 bits per heavy atom. The Morgan fingerprint density at radius 2 is 1.66 bits per heavy atom. The monoisotopic (exact) mass is 476 g/mol. The van der Waals surface area contributed by atoms with E-state index in [0.717, 1.165) is 34.6 Å². The number of hydrogen-bond acceptors (Lipinski definition) is 5. The maximum atomic E-state index is 12.4. The van der Waals surface area contributed by atoms with Crippen LogP contribution in [0, 0.1) is 17.8 Å². The standard InChI is InChI=1S/C30H36O5/c1-20(18-33-29(31)25-7-5-4-6-8-25)26-9-10-27(28(14-26)35-19-34-21(2)32-3)30-15-22-11-23(16-30)13-24(12-22)17-30/h4-10,14,18,21-24H,11-13,15-17,19H2,1-3H3. The van der Waals surface area contributed by atoms with E-state index >= 15 is 0 Å². The summed E-state index contributed by atoms with van der Waals surface area (Å²) in [5.41, 5.74) is 3.87. The predicted octanol–water partition coefficient (Wildman–Crippen LogP) is 6.72. The van der Waals surface area contributed by atoms with Gasteiger partial charge in [-0.3, -0.25) is 0 Å². The van der Waals surface area contributed by atoms with Gasteiger partial charge in [-0.1, -0.05) is 30.3 Å². The van der Waals surface area contributed by atoms with Gasteiger partial charge >= 0.3 is 5.97 Å². The van der Waals surface area contributed by atoms with Crippen molar-refractivity contribution in [2.75, 3.05) is 13.9 Å². The first-order valence-electron chi connectivity index (χ1n) is 12.8. The summed E-state index contributed by atoms with van der Waals surface area (Å²) in [6.45, 7) is 3.93. The van der Waals surface area contributed by atoms with Crippen LogP contribution in [0.5, 0.6) is 5.75 Å². The van der Waals surface area contributed by atoms with E-state index in [1.807, 2.05) is 32.0 Å². The third-order valence-corrected chi connectivity index (χ3v) is 8.25. The third kappa shape index (κ3) is 5.17. The Kier molecular flexibility index (Phi) is 6.99. The lowest BCUT2D eigenvalue weighted by molar-refractivity contribution is -0.150. The minimum atomic E-state index is -0.367.